The number of nitrogens with zero attached hydrogens (tertiary/aromatic N) is 1. The van der Waals surface area contributed by atoms with Crippen molar-refractivity contribution in [3.05, 3.63) is 58.1 Å². The number of carboxylic acids is 1. The Bertz CT molecular complexity index is 651. The highest BCUT2D eigenvalue weighted by molar-refractivity contribution is 7.09. The number of hydrogen-bond donors (Lipinski definition) is 2. The van der Waals surface area contributed by atoms with Crippen molar-refractivity contribution >= 4 is 29.3 Å². The van der Waals surface area contributed by atoms with E-state index < -0.39 is 5.97 Å². The predicted molar refractivity (Wildman–Crippen MR) is 81.3 cm³/mol. The molecule has 2 aromatic rings. The van der Waals surface area contributed by atoms with Gasteiger partial charge in [0.05, 0.1) is 0 Å². The van der Waals surface area contributed by atoms with Crippen molar-refractivity contribution in [2.24, 2.45) is 0 Å². The minimum atomic E-state index is -1.07. The highest BCUT2D eigenvalue weighted by Gasteiger charge is 2.09. The van der Waals surface area contributed by atoms with E-state index in [0.29, 0.717) is 17.7 Å². The molecule has 0 saturated heterocycles. The molecule has 0 aliphatic carbocycles. The quantitative estimate of drug-likeness (QED) is 0.802. The van der Waals surface area contributed by atoms with E-state index in [0.717, 1.165) is 12.5 Å². The Kier molecular flexibility index (Phi) is 5.22. The van der Waals surface area contributed by atoms with Crippen LogP contribution < -0.4 is 5.32 Å². The number of thiophene rings is 1. The van der Waals surface area contributed by atoms with Gasteiger partial charge in [0.15, 0.2) is 0 Å². The fourth-order valence-electron chi connectivity index (χ4n) is 1.76. The number of amides is 1. The highest BCUT2D eigenvalue weighted by atomic mass is 32.1. The number of rotatable bonds is 6. The van der Waals surface area contributed by atoms with Crippen molar-refractivity contribution < 1.29 is 14.7 Å². The molecule has 0 aliphatic heterocycles. The van der Waals surface area contributed by atoms with Crippen LogP contribution in [0.25, 0.3) is 6.08 Å². The van der Waals surface area contributed by atoms with E-state index in [1.807, 2.05) is 17.5 Å². The maximum atomic E-state index is 12.1. The fourth-order valence-corrected chi connectivity index (χ4v) is 2.47. The van der Waals surface area contributed by atoms with Crippen LogP contribution in [0.4, 0.5) is 0 Å². The molecule has 2 rings (SSSR count). The van der Waals surface area contributed by atoms with Gasteiger partial charge in [-0.15, -0.1) is 11.3 Å². The Morgan fingerprint density at radius 2 is 2.24 bits per heavy atom. The smallest absolute Gasteiger partial charge is 0.328 e. The van der Waals surface area contributed by atoms with Crippen LogP contribution in [-0.2, 0) is 11.2 Å². The second-order valence-corrected chi connectivity index (χ2v) is 5.25. The Balaban J connectivity index is 2.00. The molecular weight excluding hydrogens is 288 g/mol. The van der Waals surface area contributed by atoms with Gasteiger partial charge in [0.2, 0.25) is 0 Å². The number of aromatic nitrogens is 1. The Morgan fingerprint density at radius 3 is 2.95 bits per heavy atom. The number of carboxylic acid groups (broad SMARTS) is 1. The van der Waals surface area contributed by atoms with E-state index >= 15 is 0 Å². The standard InChI is InChI=1S/C15H14N2O3S/c18-14(19)4-3-11-10-16-7-6-13(11)15(20)17-8-5-12-2-1-9-21-12/h1-4,6-7,9-10H,5,8H2,(H,17,20)(H,18,19). The average Bonchev–Trinajstić information content (AvgIpc) is 2.98. The van der Waals surface area contributed by atoms with Gasteiger partial charge in [-0.2, -0.15) is 0 Å². The molecule has 2 aromatic heterocycles. The molecule has 0 aromatic carbocycles. The largest absolute Gasteiger partial charge is 0.478 e. The van der Waals surface area contributed by atoms with E-state index in [-0.39, 0.29) is 5.91 Å². The summed E-state index contributed by atoms with van der Waals surface area (Å²) in [5.74, 6) is -1.30. The number of nitrogens with one attached hydrogen (secondary N) is 1. The number of aliphatic carboxylic acids is 1. The monoisotopic (exact) mass is 302 g/mol. The third kappa shape index (κ3) is 4.54. The summed E-state index contributed by atoms with van der Waals surface area (Å²) in [7, 11) is 0. The summed E-state index contributed by atoms with van der Waals surface area (Å²) >= 11 is 1.65. The lowest BCUT2D eigenvalue weighted by molar-refractivity contribution is -0.131. The molecule has 5 nitrogen and oxygen atoms in total. The summed E-state index contributed by atoms with van der Waals surface area (Å²) < 4.78 is 0. The van der Waals surface area contributed by atoms with Crippen molar-refractivity contribution in [1.29, 1.82) is 0 Å². The molecule has 0 atom stereocenters. The third-order valence-corrected chi connectivity index (χ3v) is 3.68. The maximum Gasteiger partial charge on any atom is 0.328 e. The van der Waals surface area contributed by atoms with Gasteiger partial charge in [0.1, 0.15) is 0 Å². The lowest BCUT2D eigenvalue weighted by atomic mass is 10.1. The lowest BCUT2D eigenvalue weighted by Crippen LogP contribution is -2.26. The van der Waals surface area contributed by atoms with Gasteiger partial charge in [0, 0.05) is 41.0 Å². The van der Waals surface area contributed by atoms with E-state index in [4.69, 9.17) is 5.11 Å². The maximum absolute atomic E-state index is 12.1. The minimum Gasteiger partial charge on any atom is -0.478 e. The molecule has 2 N–H and O–H groups in total. The van der Waals surface area contributed by atoms with Crippen molar-refractivity contribution in [3.8, 4) is 0 Å². The molecule has 21 heavy (non-hydrogen) atoms. The summed E-state index contributed by atoms with van der Waals surface area (Å²) in [6.07, 6.45) is 6.09. The SMILES string of the molecule is O=C(O)C=Cc1cnccc1C(=O)NCCc1cccs1. The molecule has 0 bridgehead atoms. The Labute approximate surface area is 126 Å². The summed E-state index contributed by atoms with van der Waals surface area (Å²) in [6, 6.07) is 5.56. The van der Waals surface area contributed by atoms with Gasteiger partial charge in [-0.05, 0) is 30.0 Å². The van der Waals surface area contributed by atoms with Crippen LogP contribution in [0.2, 0.25) is 0 Å². The minimum absolute atomic E-state index is 0.237. The van der Waals surface area contributed by atoms with Crippen molar-refractivity contribution in [2.75, 3.05) is 6.54 Å². The zero-order valence-corrected chi connectivity index (χ0v) is 12.0. The van der Waals surface area contributed by atoms with E-state index in [1.165, 1.54) is 23.3 Å². The summed E-state index contributed by atoms with van der Waals surface area (Å²) in [5, 5.41) is 13.5. The number of pyridine rings is 1. The predicted octanol–water partition coefficient (Wildman–Crippen LogP) is 2.21. The van der Waals surface area contributed by atoms with Gasteiger partial charge >= 0.3 is 5.97 Å². The molecule has 108 valence electrons. The zero-order valence-electron chi connectivity index (χ0n) is 11.2. The van der Waals surface area contributed by atoms with E-state index in [1.54, 1.807) is 17.4 Å². The van der Waals surface area contributed by atoms with Crippen LogP contribution in [0.1, 0.15) is 20.8 Å². The van der Waals surface area contributed by atoms with Crippen molar-refractivity contribution in [2.45, 2.75) is 6.42 Å². The second kappa shape index (κ2) is 7.35. The number of carbonyl (C=O) groups excluding carboxylic acids is 1. The molecular formula is C15H14N2O3S. The van der Waals surface area contributed by atoms with Gasteiger partial charge in [0.25, 0.3) is 5.91 Å². The molecule has 0 saturated carbocycles. The molecule has 0 fully saturated rings. The number of carbonyl (C=O) groups is 2. The third-order valence-electron chi connectivity index (χ3n) is 2.74. The van der Waals surface area contributed by atoms with Crippen LogP contribution in [0.5, 0.6) is 0 Å². The van der Waals surface area contributed by atoms with Gasteiger partial charge in [-0.3, -0.25) is 9.78 Å². The molecule has 6 heteroatoms. The first-order valence-electron chi connectivity index (χ1n) is 6.32. The van der Waals surface area contributed by atoms with Crippen molar-refractivity contribution in [3.63, 3.8) is 0 Å². The molecule has 0 spiro atoms. The average molecular weight is 302 g/mol. The summed E-state index contributed by atoms with van der Waals surface area (Å²) in [5.41, 5.74) is 0.891. The first-order chi connectivity index (χ1) is 10.2. The Hall–Kier alpha value is -2.47. The molecule has 0 aliphatic rings. The van der Waals surface area contributed by atoms with Crippen LogP contribution in [0, 0.1) is 0 Å². The normalized spacial score (nSPS) is 10.7. The van der Waals surface area contributed by atoms with E-state index in [2.05, 4.69) is 10.3 Å². The molecule has 1 amide bonds. The van der Waals surface area contributed by atoms with Gasteiger partial charge in [-0.25, -0.2) is 4.79 Å². The molecule has 0 radical (unpaired) electrons. The van der Waals surface area contributed by atoms with Crippen LogP contribution >= 0.6 is 11.3 Å². The second-order valence-electron chi connectivity index (χ2n) is 4.22. The first kappa shape index (κ1) is 14.9. The highest BCUT2D eigenvalue weighted by Crippen LogP contribution is 2.10. The Morgan fingerprint density at radius 1 is 1.38 bits per heavy atom. The van der Waals surface area contributed by atoms with Crippen LogP contribution in [0.15, 0.2) is 42.0 Å². The van der Waals surface area contributed by atoms with Crippen molar-refractivity contribution in [1.82, 2.24) is 10.3 Å². The topological polar surface area (TPSA) is 79.3 Å². The number of hydrogen-bond acceptors (Lipinski definition) is 4. The molecule has 0 unspecified atom stereocenters. The first-order valence-corrected chi connectivity index (χ1v) is 7.20. The van der Waals surface area contributed by atoms with Gasteiger partial charge in [-0.1, -0.05) is 6.07 Å². The van der Waals surface area contributed by atoms with Gasteiger partial charge < -0.3 is 10.4 Å². The fraction of sp³-hybridized carbons (Fsp3) is 0.133. The molecule has 2 heterocycles. The van der Waals surface area contributed by atoms with E-state index in [9.17, 15) is 9.59 Å². The summed E-state index contributed by atoms with van der Waals surface area (Å²) in [4.78, 5) is 27.8. The van der Waals surface area contributed by atoms with Crippen LogP contribution in [0.3, 0.4) is 0 Å². The summed E-state index contributed by atoms with van der Waals surface area (Å²) in [6.45, 7) is 0.532. The zero-order chi connectivity index (χ0) is 15.1. The van der Waals surface area contributed by atoms with Crippen LogP contribution in [-0.4, -0.2) is 28.5 Å². The lowest BCUT2D eigenvalue weighted by Gasteiger charge is -2.06.